The summed E-state index contributed by atoms with van der Waals surface area (Å²) >= 11 is 0. The second-order valence-electron chi connectivity index (χ2n) is 7.18. The van der Waals surface area contributed by atoms with Gasteiger partial charge in [0.15, 0.2) is 0 Å². The van der Waals surface area contributed by atoms with Crippen molar-refractivity contribution in [2.45, 2.75) is 32.5 Å². The van der Waals surface area contributed by atoms with Crippen LogP contribution in [0.5, 0.6) is 11.5 Å². The fraction of sp³-hybridized carbons (Fsp3) is 0.455. The molecule has 1 heterocycles. The molecule has 0 bridgehead atoms. The molecule has 4 nitrogen and oxygen atoms in total. The zero-order valence-electron chi connectivity index (χ0n) is 16.1. The molecule has 4 heteroatoms. The van der Waals surface area contributed by atoms with Gasteiger partial charge in [-0.15, -0.1) is 0 Å². The zero-order valence-corrected chi connectivity index (χ0v) is 16.1. The highest BCUT2D eigenvalue weighted by atomic mass is 16.5. The minimum Gasteiger partial charge on any atom is -0.497 e. The molecule has 0 N–H and O–H groups in total. The second kappa shape index (κ2) is 9.06. The van der Waals surface area contributed by atoms with E-state index in [4.69, 9.17) is 9.47 Å². The first-order valence-electron chi connectivity index (χ1n) is 9.42. The molecular formula is C22H30N2O2. The summed E-state index contributed by atoms with van der Waals surface area (Å²) in [4.78, 5) is 4.99. The van der Waals surface area contributed by atoms with Gasteiger partial charge in [-0.1, -0.05) is 30.3 Å². The van der Waals surface area contributed by atoms with Gasteiger partial charge in [0, 0.05) is 31.2 Å². The third kappa shape index (κ3) is 4.99. The maximum Gasteiger partial charge on any atom is 0.124 e. The number of methoxy groups -OCH3 is 1. The summed E-state index contributed by atoms with van der Waals surface area (Å²) < 4.78 is 11.5. The van der Waals surface area contributed by atoms with Crippen LogP contribution in [0.1, 0.15) is 24.5 Å². The van der Waals surface area contributed by atoms with Crippen molar-refractivity contribution in [2.75, 3.05) is 33.8 Å². The molecule has 140 valence electrons. The molecule has 0 radical (unpaired) electrons. The molecule has 0 amide bonds. The molecule has 1 unspecified atom stereocenters. The molecule has 2 aromatic rings. The van der Waals surface area contributed by atoms with Gasteiger partial charge in [0.25, 0.3) is 0 Å². The first-order chi connectivity index (χ1) is 12.7. The van der Waals surface area contributed by atoms with Crippen LogP contribution in [0.2, 0.25) is 0 Å². The Morgan fingerprint density at radius 2 is 1.92 bits per heavy atom. The number of hydrogen-bond acceptors (Lipinski definition) is 4. The lowest BCUT2D eigenvalue weighted by molar-refractivity contribution is 0.191. The van der Waals surface area contributed by atoms with E-state index in [9.17, 15) is 0 Å². The SMILES string of the molecule is COc1cccc(COc2ccccc2CN2CCCN(C)CC2C)c1. The van der Waals surface area contributed by atoms with Crippen LogP contribution in [0.25, 0.3) is 0 Å². The van der Waals surface area contributed by atoms with E-state index in [0.29, 0.717) is 12.6 Å². The monoisotopic (exact) mass is 354 g/mol. The Morgan fingerprint density at radius 1 is 1.08 bits per heavy atom. The quantitative estimate of drug-likeness (QED) is 0.788. The Kier molecular flexibility index (Phi) is 6.53. The lowest BCUT2D eigenvalue weighted by Crippen LogP contribution is -2.37. The number of nitrogens with zero attached hydrogens (tertiary/aromatic N) is 2. The Hall–Kier alpha value is -2.04. The van der Waals surface area contributed by atoms with Crippen molar-refractivity contribution in [3.05, 3.63) is 59.7 Å². The van der Waals surface area contributed by atoms with E-state index >= 15 is 0 Å². The Labute approximate surface area is 157 Å². The van der Waals surface area contributed by atoms with Gasteiger partial charge in [0.2, 0.25) is 0 Å². The molecule has 1 aliphatic heterocycles. The highest BCUT2D eigenvalue weighted by Crippen LogP contribution is 2.23. The van der Waals surface area contributed by atoms with Crippen molar-refractivity contribution < 1.29 is 9.47 Å². The average molecular weight is 354 g/mol. The van der Waals surface area contributed by atoms with Crippen molar-refractivity contribution in [1.29, 1.82) is 0 Å². The van der Waals surface area contributed by atoms with Crippen molar-refractivity contribution >= 4 is 0 Å². The molecule has 1 fully saturated rings. The molecule has 1 atom stereocenters. The molecule has 3 rings (SSSR count). The predicted octanol–water partition coefficient (Wildman–Crippen LogP) is 3.80. The van der Waals surface area contributed by atoms with Gasteiger partial charge in [0.05, 0.1) is 7.11 Å². The molecule has 2 aromatic carbocycles. The van der Waals surface area contributed by atoms with E-state index in [1.165, 1.54) is 18.5 Å². The number of likely N-dealkylation sites (N-methyl/N-ethyl adjacent to an activating group) is 1. The van der Waals surface area contributed by atoms with Crippen molar-refractivity contribution in [3.63, 3.8) is 0 Å². The minimum absolute atomic E-state index is 0.548. The van der Waals surface area contributed by atoms with Crippen LogP contribution in [0.4, 0.5) is 0 Å². The first-order valence-corrected chi connectivity index (χ1v) is 9.42. The van der Waals surface area contributed by atoms with Crippen LogP contribution in [0.3, 0.4) is 0 Å². The van der Waals surface area contributed by atoms with E-state index in [1.54, 1.807) is 7.11 Å². The summed E-state index contributed by atoms with van der Waals surface area (Å²) in [7, 11) is 3.90. The molecule has 26 heavy (non-hydrogen) atoms. The average Bonchev–Trinajstić information content (AvgIpc) is 2.81. The van der Waals surface area contributed by atoms with Crippen LogP contribution in [0, 0.1) is 0 Å². The summed E-state index contributed by atoms with van der Waals surface area (Å²) in [6, 6.07) is 17.0. The van der Waals surface area contributed by atoms with Crippen molar-refractivity contribution in [3.8, 4) is 11.5 Å². The van der Waals surface area contributed by atoms with Gasteiger partial charge in [0.1, 0.15) is 18.1 Å². The molecule has 0 saturated carbocycles. The Morgan fingerprint density at radius 3 is 2.77 bits per heavy atom. The number of benzene rings is 2. The maximum absolute atomic E-state index is 6.16. The summed E-state index contributed by atoms with van der Waals surface area (Å²) in [6.07, 6.45) is 1.22. The van der Waals surface area contributed by atoms with Gasteiger partial charge in [-0.3, -0.25) is 4.90 Å². The maximum atomic E-state index is 6.16. The molecule has 1 saturated heterocycles. The normalized spacial score (nSPS) is 19.1. The van der Waals surface area contributed by atoms with Gasteiger partial charge in [-0.25, -0.2) is 0 Å². The van der Waals surface area contributed by atoms with Crippen molar-refractivity contribution in [1.82, 2.24) is 9.80 Å². The summed E-state index contributed by atoms with van der Waals surface area (Å²) in [5.41, 5.74) is 2.37. The van der Waals surface area contributed by atoms with E-state index in [-0.39, 0.29) is 0 Å². The van der Waals surface area contributed by atoms with Crippen LogP contribution in [0.15, 0.2) is 48.5 Å². The predicted molar refractivity (Wildman–Crippen MR) is 106 cm³/mol. The lowest BCUT2D eigenvalue weighted by Gasteiger charge is -2.28. The number of para-hydroxylation sites is 1. The van der Waals surface area contributed by atoms with Crippen LogP contribution in [-0.4, -0.2) is 49.6 Å². The van der Waals surface area contributed by atoms with Gasteiger partial charge in [-0.05, 0) is 50.7 Å². The number of rotatable bonds is 6. The van der Waals surface area contributed by atoms with E-state index in [0.717, 1.165) is 36.7 Å². The molecule has 0 aromatic heterocycles. The first kappa shape index (κ1) is 18.7. The smallest absolute Gasteiger partial charge is 0.124 e. The largest absolute Gasteiger partial charge is 0.497 e. The van der Waals surface area contributed by atoms with Crippen LogP contribution in [-0.2, 0) is 13.2 Å². The van der Waals surface area contributed by atoms with E-state index in [1.807, 2.05) is 24.3 Å². The van der Waals surface area contributed by atoms with E-state index < -0.39 is 0 Å². The molecule has 0 spiro atoms. The van der Waals surface area contributed by atoms with Crippen LogP contribution < -0.4 is 9.47 Å². The third-order valence-corrected chi connectivity index (χ3v) is 5.06. The molecule has 1 aliphatic rings. The Balaban J connectivity index is 1.67. The number of hydrogen-bond donors (Lipinski definition) is 0. The summed E-state index contributed by atoms with van der Waals surface area (Å²) in [5, 5.41) is 0. The molecular weight excluding hydrogens is 324 g/mol. The lowest BCUT2D eigenvalue weighted by atomic mass is 10.1. The van der Waals surface area contributed by atoms with Crippen LogP contribution >= 0.6 is 0 Å². The van der Waals surface area contributed by atoms with Crippen molar-refractivity contribution in [2.24, 2.45) is 0 Å². The fourth-order valence-corrected chi connectivity index (χ4v) is 3.57. The fourth-order valence-electron chi connectivity index (χ4n) is 3.57. The van der Waals surface area contributed by atoms with Gasteiger partial charge in [-0.2, -0.15) is 0 Å². The highest BCUT2D eigenvalue weighted by Gasteiger charge is 2.20. The highest BCUT2D eigenvalue weighted by molar-refractivity contribution is 5.34. The minimum atomic E-state index is 0.548. The third-order valence-electron chi connectivity index (χ3n) is 5.06. The summed E-state index contributed by atoms with van der Waals surface area (Å²) in [6.45, 7) is 7.23. The van der Waals surface area contributed by atoms with Gasteiger partial charge >= 0.3 is 0 Å². The summed E-state index contributed by atoms with van der Waals surface area (Å²) in [5.74, 6) is 1.84. The number of ether oxygens (including phenoxy) is 2. The zero-order chi connectivity index (χ0) is 18.4. The topological polar surface area (TPSA) is 24.9 Å². The Bertz CT molecular complexity index is 704. The van der Waals surface area contributed by atoms with E-state index in [2.05, 4.69) is 48.0 Å². The standard InChI is InChI=1S/C22H30N2O2/c1-18-15-23(2)12-7-13-24(18)16-20-9-4-5-11-22(20)26-17-19-8-6-10-21(14-19)25-3/h4-6,8-11,14,18H,7,12-13,15-17H2,1-3H3. The second-order valence-corrected chi connectivity index (χ2v) is 7.18. The molecule has 0 aliphatic carbocycles. The van der Waals surface area contributed by atoms with Gasteiger partial charge < -0.3 is 14.4 Å².